The molecule has 0 radical (unpaired) electrons. The van der Waals surface area contributed by atoms with E-state index in [9.17, 15) is 17.6 Å². The van der Waals surface area contributed by atoms with E-state index in [-0.39, 0.29) is 18.0 Å². The topological polar surface area (TPSA) is 66.5 Å². The van der Waals surface area contributed by atoms with Gasteiger partial charge in [-0.2, -0.15) is 0 Å². The van der Waals surface area contributed by atoms with Gasteiger partial charge in [0.25, 0.3) is 0 Å². The second-order valence-corrected chi connectivity index (χ2v) is 8.07. The first-order chi connectivity index (χ1) is 11.4. The predicted molar refractivity (Wildman–Crippen MR) is 89.4 cm³/mol. The van der Waals surface area contributed by atoms with Gasteiger partial charge in [-0.05, 0) is 36.4 Å². The van der Waals surface area contributed by atoms with Gasteiger partial charge in [0, 0.05) is 13.1 Å². The number of hydrogen-bond donors (Lipinski definition) is 1. The molecule has 1 N–H and O–H groups in total. The zero-order chi connectivity index (χ0) is 17.3. The third kappa shape index (κ3) is 3.22. The van der Waals surface area contributed by atoms with Crippen LogP contribution in [0.1, 0.15) is 0 Å². The predicted octanol–water partition coefficient (Wildman–Crippen LogP) is 3.17. The van der Waals surface area contributed by atoms with Crippen LogP contribution in [0.4, 0.5) is 14.9 Å². The van der Waals surface area contributed by atoms with Gasteiger partial charge < -0.3 is 10.2 Å². The molecule has 0 bridgehead atoms. The average molecular weight is 369 g/mol. The number of carbonyl (C=O) groups excluding carboxylic acids is 1. The molecule has 0 atom stereocenters. The van der Waals surface area contributed by atoms with Crippen LogP contribution in [-0.2, 0) is 9.84 Å². The third-order valence-electron chi connectivity index (χ3n) is 3.83. The van der Waals surface area contributed by atoms with Gasteiger partial charge in [-0.15, -0.1) is 0 Å². The fourth-order valence-corrected chi connectivity index (χ4v) is 4.21. The molecule has 0 saturated carbocycles. The standard InChI is InChI=1S/C16H14ClFN2O3S/c17-14-3-1-2-4-15(14)19-16(21)20-9-13(10-20)24(22,23)12-7-5-11(18)6-8-12/h1-8,13H,9-10H2,(H,19,21). The number of nitrogens with zero attached hydrogens (tertiary/aromatic N) is 1. The van der Waals surface area contributed by atoms with Crippen molar-refractivity contribution in [3.05, 3.63) is 59.4 Å². The maximum atomic E-state index is 12.9. The average Bonchev–Trinajstić information content (AvgIpc) is 2.48. The van der Waals surface area contributed by atoms with E-state index in [1.807, 2.05) is 0 Å². The van der Waals surface area contributed by atoms with Gasteiger partial charge in [0.05, 0.1) is 15.6 Å². The Bertz CT molecular complexity index is 865. The van der Waals surface area contributed by atoms with E-state index in [0.29, 0.717) is 10.7 Å². The molecule has 1 aliphatic heterocycles. The Morgan fingerprint density at radius 1 is 1.12 bits per heavy atom. The Kier molecular flexibility index (Phi) is 4.47. The number of carbonyl (C=O) groups is 1. The first-order valence-corrected chi connectivity index (χ1v) is 9.10. The van der Waals surface area contributed by atoms with Crippen LogP contribution in [0.2, 0.25) is 5.02 Å². The minimum atomic E-state index is -3.58. The molecule has 1 saturated heterocycles. The van der Waals surface area contributed by atoms with E-state index in [4.69, 9.17) is 11.6 Å². The highest BCUT2D eigenvalue weighted by Crippen LogP contribution is 2.26. The molecule has 2 aromatic rings. The first-order valence-electron chi connectivity index (χ1n) is 7.18. The minimum absolute atomic E-state index is 0.0556. The summed E-state index contributed by atoms with van der Waals surface area (Å²) in [5.74, 6) is -0.497. The quantitative estimate of drug-likeness (QED) is 0.846. The van der Waals surface area contributed by atoms with Crippen molar-refractivity contribution in [3.63, 3.8) is 0 Å². The zero-order valence-electron chi connectivity index (χ0n) is 12.4. The molecule has 1 fully saturated rings. The van der Waals surface area contributed by atoms with Gasteiger partial charge in [0.2, 0.25) is 0 Å². The first kappa shape index (κ1) is 16.7. The van der Waals surface area contributed by atoms with E-state index in [1.54, 1.807) is 24.3 Å². The number of nitrogens with one attached hydrogen (secondary N) is 1. The molecule has 0 spiro atoms. The summed E-state index contributed by atoms with van der Waals surface area (Å²) in [4.78, 5) is 13.6. The summed E-state index contributed by atoms with van der Waals surface area (Å²) in [5, 5.41) is 2.35. The van der Waals surface area contributed by atoms with Crippen LogP contribution in [0.3, 0.4) is 0 Å². The number of hydrogen-bond acceptors (Lipinski definition) is 3. The lowest BCUT2D eigenvalue weighted by molar-refractivity contribution is 0.182. The SMILES string of the molecule is O=C(Nc1ccccc1Cl)N1CC(S(=O)(=O)c2ccc(F)cc2)C1. The number of sulfone groups is 1. The fraction of sp³-hybridized carbons (Fsp3) is 0.188. The number of urea groups is 1. The number of benzene rings is 2. The largest absolute Gasteiger partial charge is 0.322 e. The van der Waals surface area contributed by atoms with Gasteiger partial charge >= 0.3 is 6.03 Å². The number of amides is 2. The highest BCUT2D eigenvalue weighted by atomic mass is 35.5. The highest BCUT2D eigenvalue weighted by molar-refractivity contribution is 7.92. The minimum Gasteiger partial charge on any atom is -0.322 e. The lowest BCUT2D eigenvalue weighted by Crippen LogP contribution is -2.58. The Labute approximate surface area is 144 Å². The van der Waals surface area contributed by atoms with Crippen LogP contribution >= 0.6 is 11.6 Å². The van der Waals surface area contributed by atoms with Gasteiger partial charge in [-0.25, -0.2) is 17.6 Å². The zero-order valence-corrected chi connectivity index (χ0v) is 14.0. The van der Waals surface area contributed by atoms with E-state index < -0.39 is 26.9 Å². The molecule has 0 unspecified atom stereocenters. The van der Waals surface area contributed by atoms with Crippen LogP contribution in [0.15, 0.2) is 53.4 Å². The number of para-hydroxylation sites is 1. The lowest BCUT2D eigenvalue weighted by Gasteiger charge is -2.38. The van der Waals surface area contributed by atoms with Crippen LogP contribution in [0.25, 0.3) is 0 Å². The summed E-state index contributed by atoms with van der Waals surface area (Å²) in [5.41, 5.74) is 0.467. The van der Waals surface area contributed by atoms with Crippen molar-refractivity contribution in [1.29, 1.82) is 0 Å². The Morgan fingerprint density at radius 2 is 1.75 bits per heavy atom. The van der Waals surface area contributed by atoms with E-state index in [2.05, 4.69) is 5.32 Å². The van der Waals surface area contributed by atoms with Crippen molar-refractivity contribution in [2.45, 2.75) is 10.1 Å². The fourth-order valence-electron chi connectivity index (χ4n) is 2.37. The molecule has 1 aliphatic rings. The molecule has 0 aliphatic carbocycles. The van der Waals surface area contributed by atoms with Gasteiger partial charge in [-0.1, -0.05) is 23.7 Å². The van der Waals surface area contributed by atoms with Crippen molar-refractivity contribution < 1.29 is 17.6 Å². The number of rotatable bonds is 3. The number of likely N-dealkylation sites (tertiary alicyclic amines) is 1. The number of anilines is 1. The highest BCUT2D eigenvalue weighted by Gasteiger charge is 2.40. The van der Waals surface area contributed by atoms with Crippen molar-refractivity contribution in [2.24, 2.45) is 0 Å². The van der Waals surface area contributed by atoms with E-state index in [1.165, 1.54) is 17.0 Å². The maximum Gasteiger partial charge on any atom is 0.321 e. The molecule has 2 amide bonds. The Balaban J connectivity index is 1.63. The van der Waals surface area contributed by atoms with Crippen LogP contribution in [0.5, 0.6) is 0 Å². The molecule has 126 valence electrons. The summed E-state index contributed by atoms with van der Waals surface area (Å²) >= 11 is 5.97. The molecule has 24 heavy (non-hydrogen) atoms. The van der Waals surface area contributed by atoms with Gasteiger partial charge in [-0.3, -0.25) is 0 Å². The van der Waals surface area contributed by atoms with Gasteiger partial charge in [0.15, 0.2) is 9.84 Å². The van der Waals surface area contributed by atoms with Crippen LogP contribution in [-0.4, -0.2) is 37.7 Å². The van der Waals surface area contributed by atoms with Crippen molar-refractivity contribution in [3.8, 4) is 0 Å². The molecule has 5 nitrogen and oxygen atoms in total. The van der Waals surface area contributed by atoms with E-state index in [0.717, 1.165) is 12.1 Å². The molecule has 0 aromatic heterocycles. The second-order valence-electron chi connectivity index (χ2n) is 5.44. The third-order valence-corrected chi connectivity index (χ3v) is 6.27. The normalized spacial score (nSPS) is 15.0. The summed E-state index contributed by atoms with van der Waals surface area (Å²) < 4.78 is 37.7. The summed E-state index contributed by atoms with van der Waals surface area (Å²) in [6.45, 7) is 0.159. The van der Waals surface area contributed by atoms with Crippen molar-refractivity contribution >= 4 is 33.2 Å². The second kappa shape index (κ2) is 6.41. The summed E-state index contributed by atoms with van der Waals surface area (Å²) in [7, 11) is -3.58. The van der Waals surface area contributed by atoms with Crippen molar-refractivity contribution in [2.75, 3.05) is 18.4 Å². The lowest BCUT2D eigenvalue weighted by atomic mass is 10.2. The maximum absolute atomic E-state index is 12.9. The van der Waals surface area contributed by atoms with E-state index >= 15 is 0 Å². The molecule has 8 heteroatoms. The monoisotopic (exact) mass is 368 g/mol. The van der Waals surface area contributed by atoms with Crippen LogP contribution in [0, 0.1) is 5.82 Å². The smallest absolute Gasteiger partial charge is 0.321 e. The Morgan fingerprint density at radius 3 is 2.38 bits per heavy atom. The Hall–Kier alpha value is -2.12. The molecular formula is C16H14ClFN2O3S. The van der Waals surface area contributed by atoms with Gasteiger partial charge in [0.1, 0.15) is 11.1 Å². The molecule has 1 heterocycles. The van der Waals surface area contributed by atoms with Crippen molar-refractivity contribution in [1.82, 2.24) is 4.90 Å². The van der Waals surface area contributed by atoms with Crippen LogP contribution < -0.4 is 5.32 Å². The molecular weight excluding hydrogens is 355 g/mol. The molecule has 3 rings (SSSR count). The number of halogens is 2. The molecule has 2 aromatic carbocycles. The summed E-state index contributed by atoms with van der Waals surface area (Å²) in [6, 6.07) is 11.1. The summed E-state index contributed by atoms with van der Waals surface area (Å²) in [6.07, 6.45) is 0.